The molecule has 5 fully saturated rings. The Hall–Kier alpha value is -6.00. The second-order valence-corrected chi connectivity index (χ2v) is 22.8. The predicted molar refractivity (Wildman–Crippen MR) is 260 cm³/mol. The molecule has 2 aromatic rings. The van der Waals surface area contributed by atoms with Crippen LogP contribution in [0.5, 0.6) is 0 Å². The van der Waals surface area contributed by atoms with Crippen LogP contribution in [-0.4, -0.2) is 120 Å². The maximum absolute atomic E-state index is 15.5. The number of amides is 4. The summed E-state index contributed by atoms with van der Waals surface area (Å²) in [6, 6.07) is 2.87. The van der Waals surface area contributed by atoms with Crippen LogP contribution in [0.4, 0.5) is 29.2 Å². The number of rotatable bonds is 13. The molecule has 9 rings (SSSR count). The average molecular weight is 1020 g/mol. The second-order valence-electron chi connectivity index (χ2n) is 21.0. The number of carbonyl (C=O) groups excluding carboxylic acids is 4. The number of nitrogens with two attached hydrogens (primary N) is 1. The number of carbonyl (C=O) groups is 4. The van der Waals surface area contributed by atoms with Gasteiger partial charge in [0.2, 0.25) is 27.8 Å². The molecule has 7 aliphatic rings. The highest BCUT2D eigenvalue weighted by molar-refractivity contribution is 7.93. The molecule has 5 heterocycles. The molecule has 0 radical (unpaired) electrons. The molecule has 6 N–H and O–H groups in total. The van der Waals surface area contributed by atoms with Crippen LogP contribution in [0.25, 0.3) is 5.57 Å². The number of hydrogen-bond donors (Lipinski definition) is 5. The van der Waals surface area contributed by atoms with Crippen molar-refractivity contribution in [3.8, 4) is 0 Å². The van der Waals surface area contributed by atoms with Gasteiger partial charge in [0.15, 0.2) is 0 Å². The third-order valence-electron chi connectivity index (χ3n) is 15.6. The van der Waals surface area contributed by atoms with Gasteiger partial charge in [0, 0.05) is 68.5 Å². The average Bonchev–Trinajstić information content (AvgIpc) is 3.92. The largest absolute Gasteiger partial charge is 0.419 e. The normalized spacial score (nSPS) is 27.2. The van der Waals surface area contributed by atoms with Gasteiger partial charge in [-0.05, 0) is 132 Å². The molecule has 3 saturated heterocycles. The van der Waals surface area contributed by atoms with Crippen LogP contribution in [0.1, 0.15) is 123 Å². The zero-order chi connectivity index (χ0) is 51.4. The van der Waals surface area contributed by atoms with E-state index in [4.69, 9.17) is 5.73 Å². The van der Waals surface area contributed by atoms with E-state index in [0.717, 1.165) is 107 Å². The molecule has 386 valence electrons. The maximum atomic E-state index is 15.5. The third-order valence-corrected chi connectivity index (χ3v) is 17.1. The SMILES string of the molecule is CC(C)(O)CN=C/C(=C\N)c1nc(NC2CC=C(S(=O)(=O)NC3CC34CCC(/C=C/N3CCC5(CC3)CCN(c3ccc6c(c3)C(=O)N(C3CCC(=O)NC3=O)C6=O)CC5)CC4)C=C2F)ncc1C(F)(F)F. The van der Waals surface area contributed by atoms with Gasteiger partial charge in [-0.25, -0.2) is 27.5 Å². The molecule has 3 atom stereocenters. The maximum Gasteiger partial charge on any atom is 0.419 e. The molecular weight excluding hydrogens is 961 g/mol. The molecule has 17 nitrogen and oxygen atoms in total. The Morgan fingerprint density at radius 3 is 2.35 bits per heavy atom. The number of halogens is 4. The summed E-state index contributed by atoms with van der Waals surface area (Å²) >= 11 is 0. The summed E-state index contributed by atoms with van der Waals surface area (Å²) in [5.74, 6) is -2.89. The Morgan fingerprint density at radius 1 is 1.00 bits per heavy atom. The Labute approximate surface area is 415 Å². The number of piperidine rings is 3. The van der Waals surface area contributed by atoms with Crippen molar-refractivity contribution in [2.24, 2.45) is 27.5 Å². The number of nitrogens with zero attached hydrogens (tertiary/aromatic N) is 6. The predicted octanol–water partition coefficient (Wildman–Crippen LogP) is 5.72. The smallest absolute Gasteiger partial charge is 0.404 e. The number of aliphatic hydroxyl groups is 1. The minimum absolute atomic E-state index is 0.0676. The van der Waals surface area contributed by atoms with Gasteiger partial charge < -0.3 is 26.0 Å². The number of likely N-dealkylation sites (tertiary alicyclic amines) is 1. The van der Waals surface area contributed by atoms with E-state index in [2.05, 4.69) is 52.4 Å². The van der Waals surface area contributed by atoms with Crippen molar-refractivity contribution in [2.45, 2.75) is 121 Å². The molecular formula is C50H60F4N10O7S. The van der Waals surface area contributed by atoms with Crippen molar-refractivity contribution in [1.82, 2.24) is 29.8 Å². The van der Waals surface area contributed by atoms with Crippen molar-refractivity contribution in [3.05, 3.63) is 88.1 Å². The number of benzene rings is 1. The first-order chi connectivity index (χ1) is 34.1. The van der Waals surface area contributed by atoms with Crippen molar-refractivity contribution < 1.29 is 50.3 Å². The molecule has 72 heavy (non-hydrogen) atoms. The van der Waals surface area contributed by atoms with Gasteiger partial charge in [-0.2, -0.15) is 13.2 Å². The fourth-order valence-corrected chi connectivity index (χ4v) is 12.5. The minimum Gasteiger partial charge on any atom is -0.404 e. The Balaban J connectivity index is 0.716. The first-order valence-electron chi connectivity index (χ1n) is 24.5. The van der Waals surface area contributed by atoms with Crippen molar-refractivity contribution in [1.29, 1.82) is 0 Å². The summed E-state index contributed by atoms with van der Waals surface area (Å²) in [6.45, 7) is 6.37. The zero-order valence-corrected chi connectivity index (χ0v) is 41.0. The van der Waals surface area contributed by atoms with E-state index in [0.29, 0.717) is 18.5 Å². The summed E-state index contributed by atoms with van der Waals surface area (Å²) in [5, 5.41) is 14.9. The van der Waals surface area contributed by atoms with Gasteiger partial charge in [0.05, 0.1) is 39.9 Å². The van der Waals surface area contributed by atoms with Crippen LogP contribution in [0.2, 0.25) is 0 Å². The molecule has 4 aliphatic heterocycles. The molecule has 2 saturated carbocycles. The summed E-state index contributed by atoms with van der Waals surface area (Å²) < 4.78 is 87.2. The first-order valence-corrected chi connectivity index (χ1v) is 26.0. The summed E-state index contributed by atoms with van der Waals surface area (Å²) in [4.78, 5) is 67.9. The highest BCUT2D eigenvalue weighted by Gasteiger charge is 2.56. The molecule has 2 spiro atoms. The summed E-state index contributed by atoms with van der Waals surface area (Å²) in [5.41, 5.74) is 3.90. The Bertz CT molecular complexity index is 2780. The molecule has 22 heteroatoms. The molecule has 1 aromatic carbocycles. The van der Waals surface area contributed by atoms with E-state index < -0.39 is 74.6 Å². The van der Waals surface area contributed by atoms with Crippen molar-refractivity contribution in [2.75, 3.05) is 42.9 Å². The third kappa shape index (κ3) is 10.7. The van der Waals surface area contributed by atoms with E-state index >= 15 is 4.39 Å². The number of sulfonamides is 1. The monoisotopic (exact) mass is 1020 g/mol. The number of nitrogens with one attached hydrogen (secondary N) is 3. The van der Waals surface area contributed by atoms with E-state index in [1.165, 1.54) is 19.9 Å². The first kappa shape index (κ1) is 50.9. The Kier molecular flexibility index (Phi) is 13.8. The van der Waals surface area contributed by atoms with E-state index in [9.17, 15) is 45.9 Å². The lowest BCUT2D eigenvalue weighted by atomic mass is 9.71. The molecule has 3 aliphatic carbocycles. The van der Waals surface area contributed by atoms with Gasteiger partial charge in [0.25, 0.3) is 11.8 Å². The van der Waals surface area contributed by atoms with E-state index in [1.54, 1.807) is 12.1 Å². The number of hydrogen-bond acceptors (Lipinski definition) is 14. The summed E-state index contributed by atoms with van der Waals surface area (Å²) in [6.07, 6.45) is 12.8. The zero-order valence-electron chi connectivity index (χ0n) is 40.2. The lowest BCUT2D eigenvalue weighted by Crippen LogP contribution is -2.54. The lowest BCUT2D eigenvalue weighted by molar-refractivity contribution is -0.138. The number of fused-ring (bicyclic) bond motifs is 1. The molecule has 4 amide bonds. The van der Waals surface area contributed by atoms with Crippen LogP contribution in [0.3, 0.4) is 0 Å². The number of anilines is 2. The second kappa shape index (κ2) is 19.4. The number of allylic oxidation sites excluding steroid dienone is 3. The number of aliphatic imine (C=N–C) groups is 1. The van der Waals surface area contributed by atoms with Crippen LogP contribution < -0.4 is 26.0 Å². The minimum atomic E-state index is -4.86. The standard InChI is InChI=1S/C50H60F4N10O7S/c1-47(2,69)29-56-27-31(26-55)42-36(50(52,53)54)28-57-46(60-42)58-38-6-4-33(24-37(38)51)72(70,71)61-40-25-49(40)12-9-30(10-13-49)11-18-62-19-14-48(15-20-62)16-21-63(22-17-48)32-3-5-34-35(23-32)45(68)64(44(34)67)39-7-8-41(65)59-43(39)66/h3-5,11,18,23-24,26-28,30,38-40,61,69H,6-10,12-17,19-22,25,29,55H2,1-2H3,(H,57,58,60)(H,59,65,66)/b18-11+,31-26+,56-27?. The Morgan fingerprint density at radius 2 is 1.69 bits per heavy atom. The van der Waals surface area contributed by atoms with E-state index in [1.807, 2.05) is 6.07 Å². The van der Waals surface area contributed by atoms with Crippen LogP contribution in [0.15, 0.2) is 70.7 Å². The van der Waals surface area contributed by atoms with Crippen LogP contribution in [0, 0.1) is 16.7 Å². The van der Waals surface area contributed by atoms with Crippen LogP contribution >= 0.6 is 0 Å². The van der Waals surface area contributed by atoms with Gasteiger partial charge in [-0.1, -0.05) is 12.2 Å². The summed E-state index contributed by atoms with van der Waals surface area (Å²) in [7, 11) is -4.08. The van der Waals surface area contributed by atoms with E-state index in [-0.39, 0.29) is 70.2 Å². The fraction of sp³-hybridized carbons (Fsp3) is 0.540. The molecule has 0 bridgehead atoms. The topological polar surface area (TPSA) is 233 Å². The quantitative estimate of drug-likeness (QED) is 0.0919. The lowest BCUT2D eigenvalue weighted by Gasteiger charge is -2.47. The van der Waals surface area contributed by atoms with Crippen molar-refractivity contribution in [3.63, 3.8) is 0 Å². The van der Waals surface area contributed by atoms with Crippen LogP contribution in [-0.2, 0) is 25.8 Å². The molecule has 3 unspecified atom stereocenters. The van der Waals surface area contributed by atoms with Crippen molar-refractivity contribution >= 4 is 57.1 Å². The van der Waals surface area contributed by atoms with Gasteiger partial charge in [0.1, 0.15) is 17.4 Å². The highest BCUT2D eigenvalue weighted by atomic mass is 32.2. The fourth-order valence-electron chi connectivity index (χ4n) is 11.1. The van der Waals surface area contributed by atoms with Gasteiger partial charge in [-0.3, -0.25) is 34.4 Å². The number of alkyl halides is 3. The van der Waals surface area contributed by atoms with Gasteiger partial charge >= 0.3 is 6.18 Å². The number of aromatic nitrogens is 2. The highest BCUT2D eigenvalue weighted by Crippen LogP contribution is 2.58. The number of imide groups is 2. The van der Waals surface area contributed by atoms with Gasteiger partial charge in [-0.15, -0.1) is 0 Å². The molecule has 1 aromatic heterocycles.